The van der Waals surface area contributed by atoms with Gasteiger partial charge in [-0.25, -0.2) is 0 Å². The monoisotopic (exact) mass is 753 g/mol. The summed E-state index contributed by atoms with van der Waals surface area (Å²) in [6.07, 6.45) is 0. The highest BCUT2D eigenvalue weighted by Gasteiger charge is 2.53. The summed E-state index contributed by atoms with van der Waals surface area (Å²) >= 11 is 0. The van der Waals surface area contributed by atoms with E-state index in [-0.39, 0.29) is 5.41 Å². The van der Waals surface area contributed by atoms with Crippen molar-refractivity contribution in [3.63, 3.8) is 0 Å². The molecule has 0 unspecified atom stereocenters. The van der Waals surface area contributed by atoms with E-state index in [0.717, 1.165) is 17.1 Å². The van der Waals surface area contributed by atoms with E-state index < -0.39 is 5.41 Å². The lowest BCUT2D eigenvalue weighted by molar-refractivity contribution is 0.563. The first kappa shape index (κ1) is 35.0. The van der Waals surface area contributed by atoms with Crippen molar-refractivity contribution in [1.29, 1.82) is 0 Å². The summed E-state index contributed by atoms with van der Waals surface area (Å²) in [6.45, 7) is 4.77. The number of para-hydroxylation sites is 1. The molecule has 9 aromatic carbocycles. The molecule has 0 radical (unpaired) electrons. The van der Waals surface area contributed by atoms with Gasteiger partial charge >= 0.3 is 0 Å². The molecule has 0 fully saturated rings. The van der Waals surface area contributed by atoms with Crippen molar-refractivity contribution in [2.24, 2.45) is 0 Å². The predicted octanol–water partition coefficient (Wildman–Crippen LogP) is 15.2. The normalized spacial score (nSPS) is 13.9. The Morgan fingerprint density at radius 1 is 0.271 bits per heavy atom. The zero-order chi connectivity index (χ0) is 39.6. The Kier molecular flexibility index (Phi) is 8.13. The number of nitrogens with zero attached hydrogens (tertiary/aromatic N) is 1. The minimum atomic E-state index is -0.398. The molecule has 0 saturated carbocycles. The molecule has 1 heteroatoms. The highest BCUT2D eigenvalue weighted by Crippen LogP contribution is 2.62. The highest BCUT2D eigenvalue weighted by molar-refractivity contribution is 5.91. The summed E-state index contributed by atoms with van der Waals surface area (Å²) in [5, 5.41) is 0. The van der Waals surface area contributed by atoms with Crippen molar-refractivity contribution in [2.45, 2.75) is 24.7 Å². The van der Waals surface area contributed by atoms with Crippen LogP contribution in [-0.2, 0) is 10.8 Å². The average molecular weight is 754 g/mol. The third-order valence-corrected chi connectivity index (χ3v) is 12.9. The van der Waals surface area contributed by atoms with E-state index in [2.05, 4.69) is 243 Å². The van der Waals surface area contributed by atoms with Gasteiger partial charge in [-0.15, -0.1) is 0 Å². The molecule has 59 heavy (non-hydrogen) atoms. The topological polar surface area (TPSA) is 3.24 Å². The third-order valence-electron chi connectivity index (χ3n) is 12.9. The van der Waals surface area contributed by atoms with Gasteiger partial charge in [-0.05, 0) is 126 Å². The standard InChI is InChI=1S/C58H43N/c1-57(2)53-30-11-13-32-55(53)58(56-33-14-12-31-54(56)57)51-29-10-9-28-49(51)50-39-45(34-35-52(50)58)44-23-17-27-48(38-44)59(46-24-7-4-8-25-46)47-26-16-22-43(37-47)42-21-15-20-41(36-42)40-18-5-3-6-19-40/h3-39H,1-2H3. The van der Waals surface area contributed by atoms with Gasteiger partial charge in [-0.2, -0.15) is 0 Å². The first-order chi connectivity index (χ1) is 29.0. The fourth-order valence-corrected chi connectivity index (χ4v) is 10.2. The summed E-state index contributed by atoms with van der Waals surface area (Å²) in [7, 11) is 0. The molecule has 2 aliphatic carbocycles. The number of anilines is 3. The molecular formula is C58H43N. The van der Waals surface area contributed by atoms with E-state index in [1.54, 1.807) is 0 Å². The van der Waals surface area contributed by atoms with Crippen LogP contribution in [-0.4, -0.2) is 0 Å². The van der Waals surface area contributed by atoms with Crippen LogP contribution in [0.5, 0.6) is 0 Å². The van der Waals surface area contributed by atoms with Crippen molar-refractivity contribution in [3.05, 3.63) is 258 Å². The van der Waals surface area contributed by atoms with E-state index in [0.29, 0.717) is 0 Å². The Balaban J connectivity index is 1.04. The van der Waals surface area contributed by atoms with Crippen LogP contribution in [0.1, 0.15) is 47.2 Å². The molecule has 0 bridgehead atoms. The fraction of sp³-hybridized carbons (Fsp3) is 0.0690. The Hall–Kier alpha value is -7.22. The van der Waals surface area contributed by atoms with E-state index >= 15 is 0 Å². The van der Waals surface area contributed by atoms with Crippen molar-refractivity contribution in [2.75, 3.05) is 4.90 Å². The number of hydrogen-bond acceptors (Lipinski definition) is 1. The molecule has 11 rings (SSSR count). The van der Waals surface area contributed by atoms with Crippen LogP contribution in [0.15, 0.2) is 224 Å². The van der Waals surface area contributed by atoms with Gasteiger partial charge in [0.1, 0.15) is 0 Å². The molecule has 2 aliphatic rings. The molecule has 0 aromatic heterocycles. The minimum Gasteiger partial charge on any atom is -0.310 e. The van der Waals surface area contributed by atoms with Gasteiger partial charge in [0.2, 0.25) is 0 Å². The molecule has 9 aromatic rings. The highest BCUT2D eigenvalue weighted by atomic mass is 15.1. The second-order valence-electron chi connectivity index (χ2n) is 16.5. The van der Waals surface area contributed by atoms with Crippen LogP contribution in [0.4, 0.5) is 17.1 Å². The van der Waals surface area contributed by atoms with Crippen LogP contribution in [0.2, 0.25) is 0 Å². The van der Waals surface area contributed by atoms with Crippen molar-refractivity contribution in [3.8, 4) is 44.5 Å². The molecule has 0 amide bonds. The summed E-state index contributed by atoms with van der Waals surface area (Å²) in [5.74, 6) is 0. The number of benzene rings is 9. The second-order valence-corrected chi connectivity index (χ2v) is 16.5. The van der Waals surface area contributed by atoms with Crippen molar-refractivity contribution < 1.29 is 0 Å². The summed E-state index contributed by atoms with van der Waals surface area (Å²) in [6, 6.07) is 82.8. The zero-order valence-electron chi connectivity index (χ0n) is 33.3. The van der Waals surface area contributed by atoms with E-state index in [1.165, 1.54) is 77.9 Å². The lowest BCUT2D eigenvalue weighted by Crippen LogP contribution is -2.40. The Labute approximate surface area is 347 Å². The molecular weight excluding hydrogens is 711 g/mol. The Morgan fingerprint density at radius 2 is 0.678 bits per heavy atom. The molecule has 0 atom stereocenters. The van der Waals surface area contributed by atoms with Gasteiger partial charge in [0.15, 0.2) is 0 Å². The maximum atomic E-state index is 2.44. The molecule has 0 aliphatic heterocycles. The third kappa shape index (κ3) is 5.46. The fourth-order valence-electron chi connectivity index (χ4n) is 10.2. The maximum Gasteiger partial charge on any atom is 0.0719 e. The number of hydrogen-bond donors (Lipinski definition) is 0. The smallest absolute Gasteiger partial charge is 0.0719 e. The van der Waals surface area contributed by atoms with Gasteiger partial charge < -0.3 is 4.90 Å². The SMILES string of the molecule is CC1(C)c2ccccc2C2(c3ccccc3-c3cc(-c4cccc(N(c5ccccc5)c5cccc(-c6cccc(-c7ccccc7)c6)c5)c4)ccc32)c2ccccc21. The Bertz CT molecular complexity index is 2980. The van der Waals surface area contributed by atoms with Crippen LogP contribution in [0, 0.1) is 0 Å². The van der Waals surface area contributed by atoms with Crippen LogP contribution in [0.25, 0.3) is 44.5 Å². The molecule has 0 N–H and O–H groups in total. The molecule has 0 heterocycles. The van der Waals surface area contributed by atoms with Gasteiger partial charge in [0, 0.05) is 22.5 Å². The second kappa shape index (κ2) is 13.7. The van der Waals surface area contributed by atoms with Crippen LogP contribution >= 0.6 is 0 Å². The maximum absolute atomic E-state index is 2.44. The summed E-state index contributed by atoms with van der Waals surface area (Å²) in [5.41, 5.74) is 20.9. The van der Waals surface area contributed by atoms with Crippen molar-refractivity contribution >= 4 is 17.1 Å². The first-order valence-electron chi connectivity index (χ1n) is 20.7. The van der Waals surface area contributed by atoms with E-state index in [1.807, 2.05) is 0 Å². The van der Waals surface area contributed by atoms with E-state index in [4.69, 9.17) is 0 Å². The molecule has 0 saturated heterocycles. The lowest BCUT2D eigenvalue weighted by Gasteiger charge is -2.46. The van der Waals surface area contributed by atoms with Gasteiger partial charge in [0.25, 0.3) is 0 Å². The van der Waals surface area contributed by atoms with E-state index in [9.17, 15) is 0 Å². The van der Waals surface area contributed by atoms with Crippen molar-refractivity contribution in [1.82, 2.24) is 0 Å². The summed E-state index contributed by atoms with van der Waals surface area (Å²) < 4.78 is 0. The number of rotatable bonds is 6. The molecule has 1 spiro atoms. The van der Waals surface area contributed by atoms with Gasteiger partial charge in [0.05, 0.1) is 5.41 Å². The minimum absolute atomic E-state index is 0.118. The van der Waals surface area contributed by atoms with Gasteiger partial charge in [-0.3, -0.25) is 0 Å². The lowest BCUT2D eigenvalue weighted by atomic mass is 9.55. The Morgan fingerprint density at radius 3 is 1.29 bits per heavy atom. The molecule has 280 valence electrons. The largest absolute Gasteiger partial charge is 0.310 e. The molecule has 1 nitrogen and oxygen atoms in total. The predicted molar refractivity (Wildman–Crippen MR) is 247 cm³/mol. The van der Waals surface area contributed by atoms with Gasteiger partial charge in [-0.1, -0.05) is 190 Å². The zero-order valence-corrected chi connectivity index (χ0v) is 33.3. The van der Waals surface area contributed by atoms with Crippen LogP contribution < -0.4 is 4.90 Å². The average Bonchev–Trinajstić information content (AvgIpc) is 3.60. The number of fused-ring (bicyclic) bond motifs is 9. The quantitative estimate of drug-likeness (QED) is 0.163. The summed E-state index contributed by atoms with van der Waals surface area (Å²) in [4.78, 5) is 2.38. The first-order valence-corrected chi connectivity index (χ1v) is 20.7. The van der Waals surface area contributed by atoms with Crippen LogP contribution in [0.3, 0.4) is 0 Å².